The molecule has 1 aliphatic heterocycles. The van der Waals surface area contributed by atoms with E-state index >= 15 is 0 Å². The van der Waals surface area contributed by atoms with E-state index in [0.29, 0.717) is 18.9 Å². The quantitative estimate of drug-likeness (QED) is 0.703. The van der Waals surface area contributed by atoms with Gasteiger partial charge in [-0.05, 0) is 38.0 Å². The minimum absolute atomic E-state index is 0.0341. The molecule has 4 heterocycles. The predicted octanol–water partition coefficient (Wildman–Crippen LogP) is 2.32. The third kappa shape index (κ3) is 3.22. The van der Waals surface area contributed by atoms with Gasteiger partial charge >= 0.3 is 0 Å². The maximum atomic E-state index is 12.2. The third-order valence-corrected chi connectivity index (χ3v) is 6.70. The molecule has 0 unspecified atom stereocenters. The zero-order valence-corrected chi connectivity index (χ0v) is 15.4. The van der Waals surface area contributed by atoms with Crippen molar-refractivity contribution in [3.05, 3.63) is 48.7 Å². The lowest BCUT2D eigenvalue weighted by Gasteiger charge is -2.30. The Morgan fingerprint density at radius 2 is 2.12 bits per heavy atom. The summed E-state index contributed by atoms with van der Waals surface area (Å²) in [6.45, 7) is 2.73. The van der Waals surface area contributed by atoms with Gasteiger partial charge in [0.2, 0.25) is 10.0 Å². The highest BCUT2D eigenvalue weighted by atomic mass is 32.2. The lowest BCUT2D eigenvalue weighted by atomic mass is 9.99. The first kappa shape index (κ1) is 17.1. The second-order valence-corrected chi connectivity index (χ2v) is 8.79. The summed E-state index contributed by atoms with van der Waals surface area (Å²) in [5.41, 5.74) is 2.80. The molecule has 1 atom stereocenters. The van der Waals surface area contributed by atoms with Crippen LogP contribution in [0.5, 0.6) is 0 Å². The molecule has 0 aromatic carbocycles. The van der Waals surface area contributed by atoms with Crippen LogP contribution in [0.4, 0.5) is 0 Å². The van der Waals surface area contributed by atoms with Crippen molar-refractivity contribution in [1.82, 2.24) is 23.9 Å². The van der Waals surface area contributed by atoms with Gasteiger partial charge in [0.25, 0.3) is 0 Å². The lowest BCUT2D eigenvalue weighted by molar-refractivity contribution is 0.309. The van der Waals surface area contributed by atoms with Crippen molar-refractivity contribution >= 4 is 15.7 Å². The van der Waals surface area contributed by atoms with E-state index in [9.17, 15) is 8.42 Å². The highest BCUT2D eigenvalue weighted by Crippen LogP contribution is 2.27. The van der Waals surface area contributed by atoms with Gasteiger partial charge in [-0.3, -0.25) is 4.98 Å². The zero-order chi connectivity index (χ0) is 18.1. The summed E-state index contributed by atoms with van der Waals surface area (Å²) in [4.78, 5) is 8.78. The van der Waals surface area contributed by atoms with E-state index in [4.69, 9.17) is 0 Å². The number of aromatic nitrogens is 4. The van der Waals surface area contributed by atoms with Gasteiger partial charge in [-0.2, -0.15) is 5.10 Å². The van der Waals surface area contributed by atoms with Crippen molar-refractivity contribution in [2.24, 2.45) is 0 Å². The van der Waals surface area contributed by atoms with Gasteiger partial charge in [-0.15, -0.1) is 0 Å². The number of piperidine rings is 1. The molecule has 0 spiro atoms. The molecular weight excluding hydrogens is 350 g/mol. The topological polar surface area (TPSA) is 80.5 Å². The molecule has 1 aliphatic rings. The van der Waals surface area contributed by atoms with Gasteiger partial charge < -0.3 is 0 Å². The molecule has 3 aromatic heterocycles. The number of hydrogen-bond donors (Lipinski definition) is 0. The lowest BCUT2D eigenvalue weighted by Crippen LogP contribution is -2.40. The molecule has 1 saturated heterocycles. The van der Waals surface area contributed by atoms with E-state index in [2.05, 4.69) is 15.1 Å². The maximum Gasteiger partial charge on any atom is 0.213 e. The number of nitrogens with zero attached hydrogens (tertiary/aromatic N) is 5. The molecule has 0 aliphatic carbocycles. The van der Waals surface area contributed by atoms with Crippen molar-refractivity contribution < 1.29 is 8.42 Å². The molecule has 0 saturated carbocycles. The Bertz CT molecular complexity index is 1020. The van der Waals surface area contributed by atoms with Crippen LogP contribution in [-0.4, -0.2) is 51.1 Å². The highest BCUT2D eigenvalue weighted by Gasteiger charge is 2.30. The average molecular weight is 371 g/mol. The number of hydrogen-bond acceptors (Lipinski definition) is 5. The Morgan fingerprint density at radius 1 is 1.23 bits per heavy atom. The molecule has 0 radical (unpaired) electrons. The van der Waals surface area contributed by atoms with Crippen LogP contribution in [0.25, 0.3) is 16.8 Å². The van der Waals surface area contributed by atoms with E-state index in [1.807, 2.05) is 36.7 Å². The summed E-state index contributed by atoms with van der Waals surface area (Å²) in [5, 5.41) is 4.63. The van der Waals surface area contributed by atoms with E-state index in [1.165, 1.54) is 0 Å². The standard InChI is InChI=1S/C18H21N5O2S/c1-2-26(24,25)22-10-4-6-16(12-22)18-20-17-8-7-15(13-23(17)21-18)14-5-3-9-19-11-14/h3,5,7-9,11,13,16H,2,4,6,10,12H2,1H3/t16-/m0/s1. The van der Waals surface area contributed by atoms with Crippen LogP contribution in [0.3, 0.4) is 0 Å². The van der Waals surface area contributed by atoms with Crippen molar-refractivity contribution in [1.29, 1.82) is 0 Å². The first-order chi connectivity index (χ1) is 12.6. The Balaban J connectivity index is 1.63. The van der Waals surface area contributed by atoms with Crippen LogP contribution in [-0.2, 0) is 10.0 Å². The summed E-state index contributed by atoms with van der Waals surface area (Å²) in [6.07, 6.45) is 7.23. The normalized spacial score (nSPS) is 19.0. The van der Waals surface area contributed by atoms with Crippen LogP contribution in [0.1, 0.15) is 31.5 Å². The van der Waals surface area contributed by atoms with Crippen molar-refractivity contribution in [2.45, 2.75) is 25.7 Å². The van der Waals surface area contributed by atoms with Gasteiger partial charge in [-0.1, -0.05) is 6.07 Å². The van der Waals surface area contributed by atoms with Crippen LogP contribution in [0.2, 0.25) is 0 Å². The molecule has 7 nitrogen and oxygen atoms in total. The molecule has 136 valence electrons. The van der Waals surface area contributed by atoms with E-state index in [0.717, 1.165) is 29.6 Å². The fourth-order valence-corrected chi connectivity index (χ4v) is 4.55. The zero-order valence-electron chi connectivity index (χ0n) is 14.6. The van der Waals surface area contributed by atoms with Crippen molar-refractivity contribution in [3.63, 3.8) is 0 Å². The van der Waals surface area contributed by atoms with E-state index < -0.39 is 10.0 Å². The smallest absolute Gasteiger partial charge is 0.213 e. The predicted molar refractivity (Wildman–Crippen MR) is 99.2 cm³/mol. The molecule has 0 N–H and O–H groups in total. The first-order valence-corrected chi connectivity index (χ1v) is 10.4. The molecular formula is C18H21N5O2S. The first-order valence-electron chi connectivity index (χ1n) is 8.81. The van der Waals surface area contributed by atoms with E-state index in [1.54, 1.807) is 21.9 Å². The van der Waals surface area contributed by atoms with E-state index in [-0.39, 0.29) is 11.7 Å². The summed E-state index contributed by atoms with van der Waals surface area (Å²) < 4.78 is 27.7. The second kappa shape index (κ2) is 6.77. The molecule has 0 bridgehead atoms. The number of rotatable bonds is 4. The largest absolute Gasteiger partial charge is 0.264 e. The Morgan fingerprint density at radius 3 is 2.88 bits per heavy atom. The number of pyridine rings is 2. The second-order valence-electron chi connectivity index (χ2n) is 6.53. The SMILES string of the molecule is CCS(=O)(=O)N1CCC[C@H](c2nc3ccc(-c4cccnc4)cn3n2)C1. The molecule has 0 amide bonds. The molecule has 8 heteroatoms. The average Bonchev–Trinajstić information content (AvgIpc) is 3.12. The maximum absolute atomic E-state index is 12.2. The van der Waals surface area contributed by atoms with Crippen LogP contribution >= 0.6 is 0 Å². The Labute approximate surface area is 152 Å². The molecule has 1 fully saturated rings. The number of sulfonamides is 1. The summed E-state index contributed by atoms with van der Waals surface area (Å²) in [7, 11) is -3.17. The van der Waals surface area contributed by atoms with Gasteiger partial charge in [0.1, 0.15) is 0 Å². The van der Waals surface area contributed by atoms with Crippen molar-refractivity contribution in [2.75, 3.05) is 18.8 Å². The van der Waals surface area contributed by atoms with Gasteiger partial charge in [0, 0.05) is 48.7 Å². The fraction of sp³-hybridized carbons (Fsp3) is 0.389. The monoisotopic (exact) mass is 371 g/mol. The summed E-state index contributed by atoms with van der Waals surface area (Å²) in [6, 6.07) is 7.83. The minimum Gasteiger partial charge on any atom is -0.264 e. The van der Waals surface area contributed by atoms with Crippen LogP contribution < -0.4 is 0 Å². The summed E-state index contributed by atoms with van der Waals surface area (Å²) in [5.74, 6) is 0.878. The van der Waals surface area contributed by atoms with Crippen LogP contribution in [0, 0.1) is 0 Å². The highest BCUT2D eigenvalue weighted by molar-refractivity contribution is 7.89. The third-order valence-electron chi connectivity index (χ3n) is 4.85. The molecule has 26 heavy (non-hydrogen) atoms. The molecule has 4 rings (SSSR count). The Kier molecular flexibility index (Phi) is 4.46. The fourth-order valence-electron chi connectivity index (χ4n) is 3.37. The van der Waals surface area contributed by atoms with Crippen LogP contribution in [0.15, 0.2) is 42.9 Å². The van der Waals surface area contributed by atoms with Gasteiger partial charge in [0.05, 0.1) is 5.75 Å². The summed E-state index contributed by atoms with van der Waals surface area (Å²) >= 11 is 0. The number of fused-ring (bicyclic) bond motifs is 1. The molecule has 3 aromatic rings. The van der Waals surface area contributed by atoms with Gasteiger partial charge in [0.15, 0.2) is 11.5 Å². The minimum atomic E-state index is -3.17. The Hall–Kier alpha value is -2.32. The van der Waals surface area contributed by atoms with Gasteiger partial charge in [-0.25, -0.2) is 22.2 Å². The van der Waals surface area contributed by atoms with Crippen molar-refractivity contribution in [3.8, 4) is 11.1 Å².